The maximum absolute atomic E-state index is 14.4. The first kappa shape index (κ1) is 40.4. The number of esters is 1. The SMILES string of the molecule is CCCCC(C)C(=O)OCn1cc2cc(C[C@@H](NC(=O)N3CCC(c4cc5ccccc5[nH]c4=O)CC3)C(=O)N3CCN(C4CCN(C)CC4)CC3)cc(C)c2n1. The molecule has 13 heteroatoms. The Kier molecular flexibility index (Phi) is 12.9. The Hall–Kier alpha value is -4.75. The summed E-state index contributed by atoms with van der Waals surface area (Å²) < 4.78 is 7.24. The molecule has 2 N–H and O–H groups in total. The zero-order chi connectivity index (χ0) is 40.1. The Labute approximate surface area is 335 Å². The number of carbonyl (C=O) groups excluding carboxylic acids is 3. The molecule has 7 rings (SSSR count). The van der Waals surface area contributed by atoms with Crippen LogP contribution in [0.4, 0.5) is 4.79 Å². The van der Waals surface area contributed by atoms with Crippen molar-refractivity contribution < 1.29 is 19.1 Å². The maximum Gasteiger partial charge on any atom is 0.318 e. The largest absolute Gasteiger partial charge is 0.442 e. The minimum atomic E-state index is -0.758. The lowest BCUT2D eigenvalue weighted by molar-refractivity contribution is -0.152. The number of piperazine rings is 1. The topological polar surface area (TPSA) is 136 Å². The Balaban J connectivity index is 1.04. The Morgan fingerprint density at radius 1 is 0.930 bits per heavy atom. The molecule has 3 aliphatic rings. The number of fused-ring (bicyclic) bond motifs is 2. The van der Waals surface area contributed by atoms with Crippen LogP contribution in [0.1, 0.15) is 81.4 Å². The van der Waals surface area contributed by atoms with Gasteiger partial charge in [-0.3, -0.25) is 19.3 Å². The maximum atomic E-state index is 14.4. The summed E-state index contributed by atoms with van der Waals surface area (Å²) in [5.41, 5.74) is 4.17. The number of aromatic amines is 1. The smallest absolute Gasteiger partial charge is 0.318 e. The van der Waals surface area contributed by atoms with Gasteiger partial charge in [-0.1, -0.05) is 51.0 Å². The van der Waals surface area contributed by atoms with Crippen LogP contribution >= 0.6 is 0 Å². The average molecular weight is 781 g/mol. The summed E-state index contributed by atoms with van der Waals surface area (Å²) in [7, 11) is 2.17. The summed E-state index contributed by atoms with van der Waals surface area (Å²) in [6.45, 7) is 12.1. The summed E-state index contributed by atoms with van der Waals surface area (Å²) in [5, 5.41) is 9.75. The molecule has 1 unspecified atom stereocenters. The Bertz CT molecular complexity index is 2090. The lowest BCUT2D eigenvalue weighted by Crippen LogP contribution is -2.59. The van der Waals surface area contributed by atoms with Gasteiger partial charge in [-0.2, -0.15) is 5.10 Å². The van der Waals surface area contributed by atoms with Gasteiger partial charge in [0.15, 0.2) is 6.73 Å². The number of unbranched alkanes of at least 4 members (excludes halogenated alkanes) is 1. The molecule has 2 atom stereocenters. The van der Waals surface area contributed by atoms with Crippen molar-refractivity contribution in [1.82, 2.24) is 39.7 Å². The van der Waals surface area contributed by atoms with Gasteiger partial charge in [-0.25, -0.2) is 9.48 Å². The van der Waals surface area contributed by atoms with Gasteiger partial charge < -0.3 is 29.7 Å². The number of pyridine rings is 1. The molecule has 0 bridgehead atoms. The average Bonchev–Trinajstić information content (AvgIpc) is 3.65. The van der Waals surface area contributed by atoms with E-state index in [2.05, 4.69) is 34.1 Å². The van der Waals surface area contributed by atoms with E-state index in [9.17, 15) is 19.2 Å². The second kappa shape index (κ2) is 18.2. The fraction of sp³-hybridized carbons (Fsp3) is 0.568. The second-order valence-corrected chi connectivity index (χ2v) is 16.7. The number of rotatable bonds is 12. The molecule has 3 saturated heterocycles. The number of ether oxygens (including phenoxy) is 1. The van der Waals surface area contributed by atoms with Crippen LogP contribution < -0.4 is 10.9 Å². The molecule has 306 valence electrons. The van der Waals surface area contributed by atoms with Crippen LogP contribution in [0.15, 0.2) is 53.5 Å². The standard InChI is InChI=1S/C44H60N8O5/c1-5-6-9-30(2)43(55)57-29-52-28-35-25-32(24-31(3)40(35)47-52)26-39(42(54)50-22-20-49(21-23-50)36-14-16-48(4)17-15-36)46-44(56)51-18-12-33(13-19-51)37-27-34-10-7-8-11-38(34)45-41(37)53/h7-8,10-11,24-25,27-28,30,33,36,39H,5-6,9,12-23,26,29H2,1-4H3,(H,45,53)(H,46,56)/t30?,39-/m1/s1. The van der Waals surface area contributed by atoms with Gasteiger partial charge in [0.25, 0.3) is 5.56 Å². The summed E-state index contributed by atoms with van der Waals surface area (Å²) >= 11 is 0. The van der Waals surface area contributed by atoms with Crippen LogP contribution in [0, 0.1) is 12.8 Å². The van der Waals surface area contributed by atoms with Gasteiger partial charge in [0.2, 0.25) is 5.91 Å². The highest BCUT2D eigenvalue weighted by Gasteiger charge is 2.34. The van der Waals surface area contributed by atoms with E-state index in [1.807, 2.05) is 67.4 Å². The number of nitrogens with zero attached hydrogens (tertiary/aromatic N) is 6. The zero-order valence-corrected chi connectivity index (χ0v) is 34.2. The number of hydrogen-bond acceptors (Lipinski definition) is 8. The van der Waals surface area contributed by atoms with Gasteiger partial charge in [-0.05, 0) is 99.8 Å². The second-order valence-electron chi connectivity index (χ2n) is 16.7. The number of para-hydroxylation sites is 1. The van der Waals surface area contributed by atoms with E-state index in [1.165, 1.54) is 0 Å². The van der Waals surface area contributed by atoms with Crippen molar-refractivity contribution in [2.75, 3.05) is 59.4 Å². The summed E-state index contributed by atoms with van der Waals surface area (Å²) in [6.07, 6.45) is 8.64. The van der Waals surface area contributed by atoms with Gasteiger partial charge in [0, 0.05) is 74.4 Å². The van der Waals surface area contributed by atoms with E-state index < -0.39 is 6.04 Å². The van der Waals surface area contributed by atoms with Gasteiger partial charge in [0.05, 0.1) is 11.4 Å². The highest BCUT2D eigenvalue weighted by Crippen LogP contribution is 2.28. The van der Waals surface area contributed by atoms with Crippen molar-refractivity contribution in [2.24, 2.45) is 5.92 Å². The normalized spacial score (nSPS) is 18.9. The van der Waals surface area contributed by atoms with E-state index in [0.29, 0.717) is 51.5 Å². The summed E-state index contributed by atoms with van der Waals surface area (Å²) in [5.74, 6) is -0.410. The van der Waals surface area contributed by atoms with E-state index in [1.54, 1.807) is 9.58 Å². The van der Waals surface area contributed by atoms with Crippen molar-refractivity contribution in [3.63, 3.8) is 0 Å². The number of benzene rings is 2. The number of likely N-dealkylation sites (tertiary alicyclic amines) is 2. The third-order valence-electron chi connectivity index (χ3n) is 12.5. The number of urea groups is 1. The van der Waals surface area contributed by atoms with Crippen LogP contribution in [0.2, 0.25) is 0 Å². The molecule has 3 aliphatic heterocycles. The molecule has 0 saturated carbocycles. The molecule has 3 fully saturated rings. The van der Waals surface area contributed by atoms with Gasteiger partial charge >= 0.3 is 12.0 Å². The van der Waals surface area contributed by atoms with Crippen LogP contribution in [0.3, 0.4) is 0 Å². The number of hydrogen-bond donors (Lipinski definition) is 2. The van der Waals surface area contributed by atoms with Gasteiger partial charge in [-0.15, -0.1) is 0 Å². The van der Waals surface area contributed by atoms with Crippen molar-refractivity contribution in [1.29, 1.82) is 0 Å². The molecule has 0 aliphatic carbocycles. The number of carbonyl (C=O) groups is 3. The Morgan fingerprint density at radius 2 is 1.67 bits per heavy atom. The lowest BCUT2D eigenvalue weighted by atomic mass is 9.89. The number of piperidine rings is 2. The van der Waals surface area contributed by atoms with E-state index >= 15 is 0 Å². The van der Waals surface area contributed by atoms with Crippen molar-refractivity contribution >= 4 is 39.7 Å². The first-order chi connectivity index (χ1) is 27.6. The minimum absolute atomic E-state index is 0.0331. The molecule has 2 aromatic heterocycles. The highest BCUT2D eigenvalue weighted by molar-refractivity contribution is 5.88. The number of H-pyrrole nitrogens is 1. The van der Waals surface area contributed by atoms with Gasteiger partial charge in [0.1, 0.15) is 6.04 Å². The van der Waals surface area contributed by atoms with Crippen LogP contribution in [-0.4, -0.2) is 124 Å². The number of aryl methyl sites for hydroxylation is 1. The molecule has 13 nitrogen and oxygen atoms in total. The number of amides is 3. The first-order valence-corrected chi connectivity index (χ1v) is 21.1. The Morgan fingerprint density at radius 3 is 2.40 bits per heavy atom. The third kappa shape index (κ3) is 9.69. The lowest BCUT2D eigenvalue weighted by Gasteiger charge is -2.43. The fourth-order valence-corrected chi connectivity index (χ4v) is 8.95. The van der Waals surface area contributed by atoms with Crippen LogP contribution in [0.5, 0.6) is 0 Å². The fourth-order valence-electron chi connectivity index (χ4n) is 8.95. The number of nitrogens with one attached hydrogen (secondary N) is 2. The molecule has 57 heavy (non-hydrogen) atoms. The molecule has 4 aromatic rings. The quantitative estimate of drug-likeness (QED) is 0.186. The zero-order valence-electron chi connectivity index (χ0n) is 34.2. The van der Waals surface area contributed by atoms with Crippen LogP contribution in [-0.2, 0) is 27.5 Å². The number of aromatic nitrogens is 3. The van der Waals surface area contributed by atoms with E-state index in [-0.39, 0.29) is 42.0 Å². The monoisotopic (exact) mass is 780 g/mol. The van der Waals surface area contributed by atoms with Crippen molar-refractivity contribution in [3.8, 4) is 0 Å². The third-order valence-corrected chi connectivity index (χ3v) is 12.5. The van der Waals surface area contributed by atoms with Crippen molar-refractivity contribution in [2.45, 2.75) is 96.9 Å². The molecule has 0 radical (unpaired) electrons. The molecule has 3 amide bonds. The van der Waals surface area contributed by atoms with Crippen molar-refractivity contribution in [3.05, 3.63) is 75.7 Å². The summed E-state index contributed by atoms with van der Waals surface area (Å²) in [4.78, 5) is 65.6. The van der Waals surface area contributed by atoms with E-state index in [4.69, 9.17) is 9.84 Å². The predicted molar refractivity (Wildman–Crippen MR) is 222 cm³/mol. The highest BCUT2D eigenvalue weighted by atomic mass is 16.5. The molecule has 0 spiro atoms. The molecule has 2 aromatic carbocycles. The van der Waals surface area contributed by atoms with Crippen LogP contribution in [0.25, 0.3) is 21.8 Å². The van der Waals surface area contributed by atoms with E-state index in [0.717, 1.165) is 96.8 Å². The molecular weight excluding hydrogens is 721 g/mol. The minimum Gasteiger partial charge on any atom is -0.442 e. The first-order valence-electron chi connectivity index (χ1n) is 21.1. The summed E-state index contributed by atoms with van der Waals surface area (Å²) in [6, 6.07) is 13.4. The molecule has 5 heterocycles. The predicted octanol–water partition coefficient (Wildman–Crippen LogP) is 5.25. The molecular formula is C44H60N8O5.